The maximum absolute atomic E-state index is 5.99. The van der Waals surface area contributed by atoms with E-state index in [1.807, 2.05) is 55.5 Å². The standard InChI is InChI=1S/C18H16ClN5O/c1-2-25-15-9-5-13(6-10-15)17-11-16(12-3-7-14(19)8-4-12)20-18-21-22-23-24(17)18/h3-11,17H,2H2,1H3,(H,20,21,23). The number of benzene rings is 2. The molecule has 0 bridgehead atoms. The summed E-state index contributed by atoms with van der Waals surface area (Å²) < 4.78 is 7.28. The van der Waals surface area contributed by atoms with Gasteiger partial charge in [-0.2, -0.15) is 4.68 Å². The summed E-state index contributed by atoms with van der Waals surface area (Å²) in [6.07, 6.45) is 2.10. The number of aromatic nitrogens is 4. The topological polar surface area (TPSA) is 64.9 Å². The van der Waals surface area contributed by atoms with Crippen molar-refractivity contribution in [3.05, 3.63) is 70.8 Å². The third-order valence-electron chi connectivity index (χ3n) is 4.02. The van der Waals surface area contributed by atoms with Crippen LogP contribution in [0, 0.1) is 0 Å². The number of anilines is 1. The maximum atomic E-state index is 5.99. The first-order chi connectivity index (χ1) is 12.2. The number of hydrogen-bond acceptors (Lipinski definition) is 5. The van der Waals surface area contributed by atoms with Crippen molar-refractivity contribution < 1.29 is 4.74 Å². The van der Waals surface area contributed by atoms with Crippen molar-refractivity contribution in [3.63, 3.8) is 0 Å². The Bertz CT molecular complexity index is 902. The van der Waals surface area contributed by atoms with Gasteiger partial charge in [-0.25, -0.2) is 0 Å². The van der Waals surface area contributed by atoms with E-state index in [4.69, 9.17) is 16.3 Å². The van der Waals surface area contributed by atoms with Gasteiger partial charge in [-0.3, -0.25) is 0 Å². The molecule has 4 rings (SSSR count). The summed E-state index contributed by atoms with van der Waals surface area (Å²) in [5.74, 6) is 1.45. The molecule has 1 aliphatic heterocycles. The van der Waals surface area contributed by atoms with E-state index in [9.17, 15) is 0 Å². The van der Waals surface area contributed by atoms with Crippen LogP contribution in [0.15, 0.2) is 54.6 Å². The lowest BCUT2D eigenvalue weighted by molar-refractivity contribution is 0.340. The fourth-order valence-corrected chi connectivity index (χ4v) is 2.94. The summed E-state index contributed by atoms with van der Waals surface area (Å²) in [5.41, 5.74) is 3.04. The van der Waals surface area contributed by atoms with Gasteiger partial charge in [0.25, 0.3) is 0 Å². The van der Waals surface area contributed by atoms with E-state index in [0.717, 1.165) is 22.6 Å². The first-order valence-electron chi connectivity index (χ1n) is 8.00. The molecule has 0 saturated heterocycles. The molecule has 1 aromatic heterocycles. The smallest absolute Gasteiger partial charge is 0.248 e. The lowest BCUT2D eigenvalue weighted by Gasteiger charge is -2.23. The summed E-state index contributed by atoms with van der Waals surface area (Å²) in [6.45, 7) is 2.61. The van der Waals surface area contributed by atoms with Crippen LogP contribution in [0.4, 0.5) is 5.95 Å². The number of allylic oxidation sites excluding steroid dienone is 1. The molecule has 3 aromatic rings. The molecular formula is C18H16ClN5O. The first-order valence-corrected chi connectivity index (χ1v) is 8.38. The highest BCUT2D eigenvalue weighted by atomic mass is 35.5. The van der Waals surface area contributed by atoms with Crippen LogP contribution >= 0.6 is 11.6 Å². The zero-order valence-electron chi connectivity index (χ0n) is 13.6. The van der Waals surface area contributed by atoms with Gasteiger partial charge < -0.3 is 10.1 Å². The van der Waals surface area contributed by atoms with Crippen molar-refractivity contribution in [3.8, 4) is 5.75 Å². The van der Waals surface area contributed by atoms with Crippen LogP contribution in [0.5, 0.6) is 5.75 Å². The summed E-state index contributed by atoms with van der Waals surface area (Å²) >= 11 is 5.99. The largest absolute Gasteiger partial charge is 0.494 e. The number of hydrogen-bond donors (Lipinski definition) is 1. The predicted molar refractivity (Wildman–Crippen MR) is 96.6 cm³/mol. The van der Waals surface area contributed by atoms with Crippen LogP contribution in [0.2, 0.25) is 5.02 Å². The van der Waals surface area contributed by atoms with E-state index in [-0.39, 0.29) is 6.04 Å². The van der Waals surface area contributed by atoms with Gasteiger partial charge >= 0.3 is 0 Å². The highest BCUT2D eigenvalue weighted by molar-refractivity contribution is 6.30. The molecular weight excluding hydrogens is 338 g/mol. The summed E-state index contributed by atoms with van der Waals surface area (Å²) in [7, 11) is 0. The van der Waals surface area contributed by atoms with Crippen molar-refractivity contribution in [2.75, 3.05) is 11.9 Å². The predicted octanol–water partition coefficient (Wildman–Crippen LogP) is 3.78. The van der Waals surface area contributed by atoms with Crippen LogP contribution in [0.3, 0.4) is 0 Å². The number of nitrogens with one attached hydrogen (secondary N) is 1. The number of fused-ring (bicyclic) bond motifs is 1. The lowest BCUT2D eigenvalue weighted by Crippen LogP contribution is -2.20. The molecule has 25 heavy (non-hydrogen) atoms. The fraction of sp³-hybridized carbons (Fsp3) is 0.167. The molecule has 0 amide bonds. The number of rotatable bonds is 4. The minimum atomic E-state index is -0.104. The van der Waals surface area contributed by atoms with Gasteiger partial charge in [0.1, 0.15) is 11.8 Å². The average Bonchev–Trinajstić information content (AvgIpc) is 3.11. The van der Waals surface area contributed by atoms with Gasteiger partial charge in [0.2, 0.25) is 5.95 Å². The summed E-state index contributed by atoms with van der Waals surface area (Å²) in [6, 6.07) is 15.5. The molecule has 7 heteroatoms. The number of tetrazole rings is 1. The Morgan fingerprint density at radius 3 is 2.60 bits per heavy atom. The molecule has 0 radical (unpaired) electrons. The van der Waals surface area contributed by atoms with E-state index in [1.54, 1.807) is 4.68 Å². The molecule has 1 aliphatic rings. The van der Waals surface area contributed by atoms with Crippen molar-refractivity contribution in [1.82, 2.24) is 20.2 Å². The Kier molecular flexibility index (Phi) is 4.11. The second-order valence-electron chi connectivity index (χ2n) is 5.61. The average molecular weight is 354 g/mol. The molecule has 0 saturated carbocycles. The van der Waals surface area contributed by atoms with Crippen LogP contribution in [-0.4, -0.2) is 26.8 Å². The zero-order chi connectivity index (χ0) is 17.2. The molecule has 0 aliphatic carbocycles. The Labute approximate surface area is 150 Å². The van der Waals surface area contributed by atoms with Gasteiger partial charge in [0.15, 0.2) is 0 Å². The van der Waals surface area contributed by atoms with E-state index < -0.39 is 0 Å². The van der Waals surface area contributed by atoms with Gasteiger partial charge in [0, 0.05) is 10.7 Å². The van der Waals surface area contributed by atoms with Gasteiger partial charge in [0.05, 0.1) is 6.61 Å². The van der Waals surface area contributed by atoms with Crippen molar-refractivity contribution >= 4 is 23.2 Å². The number of nitrogens with zero attached hydrogens (tertiary/aromatic N) is 4. The molecule has 2 heterocycles. The van der Waals surface area contributed by atoms with Crippen molar-refractivity contribution in [2.24, 2.45) is 0 Å². The fourth-order valence-electron chi connectivity index (χ4n) is 2.82. The van der Waals surface area contributed by atoms with E-state index in [1.165, 1.54) is 0 Å². The lowest BCUT2D eigenvalue weighted by atomic mass is 10.0. The minimum absolute atomic E-state index is 0.104. The van der Waals surface area contributed by atoms with Crippen LogP contribution in [0.25, 0.3) is 5.70 Å². The number of ether oxygens (including phenoxy) is 1. The summed E-state index contributed by atoms with van der Waals surface area (Å²) in [5, 5.41) is 15.9. The molecule has 2 aromatic carbocycles. The Hall–Kier alpha value is -2.86. The van der Waals surface area contributed by atoms with Gasteiger partial charge in [-0.1, -0.05) is 41.0 Å². The van der Waals surface area contributed by atoms with E-state index >= 15 is 0 Å². The second-order valence-corrected chi connectivity index (χ2v) is 6.04. The first kappa shape index (κ1) is 15.7. The Morgan fingerprint density at radius 2 is 1.88 bits per heavy atom. The molecule has 126 valence electrons. The monoisotopic (exact) mass is 353 g/mol. The zero-order valence-corrected chi connectivity index (χ0v) is 14.3. The number of halogens is 1. The maximum Gasteiger partial charge on any atom is 0.248 e. The quantitative estimate of drug-likeness (QED) is 0.773. The highest BCUT2D eigenvalue weighted by Gasteiger charge is 2.24. The van der Waals surface area contributed by atoms with Gasteiger partial charge in [-0.15, -0.1) is 0 Å². The highest BCUT2D eigenvalue weighted by Crippen LogP contribution is 2.32. The van der Waals surface area contributed by atoms with Crippen molar-refractivity contribution in [1.29, 1.82) is 0 Å². The second kappa shape index (κ2) is 6.57. The molecule has 1 atom stereocenters. The molecule has 0 spiro atoms. The normalized spacial score (nSPS) is 15.9. The van der Waals surface area contributed by atoms with Gasteiger partial charge in [-0.05, 0) is 58.8 Å². The third-order valence-corrected chi connectivity index (χ3v) is 4.27. The molecule has 6 nitrogen and oxygen atoms in total. The van der Waals surface area contributed by atoms with Crippen LogP contribution in [0.1, 0.15) is 24.1 Å². The van der Waals surface area contributed by atoms with Crippen LogP contribution < -0.4 is 10.1 Å². The summed E-state index contributed by atoms with van der Waals surface area (Å²) in [4.78, 5) is 0. The Balaban J connectivity index is 1.73. The van der Waals surface area contributed by atoms with Crippen molar-refractivity contribution in [2.45, 2.75) is 13.0 Å². The minimum Gasteiger partial charge on any atom is -0.494 e. The molecule has 1 unspecified atom stereocenters. The molecule has 0 fully saturated rings. The van der Waals surface area contributed by atoms with E-state index in [2.05, 4.69) is 26.9 Å². The molecule has 1 N–H and O–H groups in total. The van der Waals surface area contributed by atoms with Crippen LogP contribution in [-0.2, 0) is 0 Å². The SMILES string of the molecule is CCOc1ccc(C2C=C(c3ccc(Cl)cc3)Nc3nnnn32)cc1. The Morgan fingerprint density at radius 1 is 1.12 bits per heavy atom. The van der Waals surface area contributed by atoms with E-state index in [0.29, 0.717) is 17.6 Å². The third kappa shape index (κ3) is 3.08.